The first kappa shape index (κ1) is 14.1. The van der Waals surface area contributed by atoms with Crippen molar-refractivity contribution in [3.63, 3.8) is 0 Å². The number of anilines is 1. The second-order valence-electron chi connectivity index (χ2n) is 4.39. The highest BCUT2D eigenvalue weighted by atomic mass is 16.6. The first-order valence-electron chi connectivity index (χ1n) is 5.57. The number of carbonyl (C=O) groups excluding carboxylic acids is 1. The number of carbonyl (C=O) groups is 1. The number of benzene rings is 1. The zero-order valence-corrected chi connectivity index (χ0v) is 10.3. The fourth-order valence-electron chi connectivity index (χ4n) is 1.47. The Morgan fingerprint density at radius 3 is 2.44 bits per heavy atom. The van der Waals surface area contributed by atoms with Crippen molar-refractivity contribution < 1.29 is 14.8 Å². The van der Waals surface area contributed by atoms with E-state index in [4.69, 9.17) is 0 Å². The van der Waals surface area contributed by atoms with E-state index in [1.807, 2.05) is 0 Å². The van der Waals surface area contributed by atoms with Crippen LogP contribution in [-0.2, 0) is 4.79 Å². The number of nitrogens with one attached hydrogen (secondary N) is 1. The van der Waals surface area contributed by atoms with Crippen LogP contribution in [0.2, 0.25) is 0 Å². The van der Waals surface area contributed by atoms with E-state index >= 15 is 0 Å². The summed E-state index contributed by atoms with van der Waals surface area (Å²) in [5.74, 6) is -1.33. The lowest BCUT2D eigenvalue weighted by Crippen LogP contribution is -2.52. The molecule has 6 nitrogen and oxygen atoms in total. The number of amides is 1. The Bertz CT molecular complexity index is 433. The van der Waals surface area contributed by atoms with E-state index in [0.29, 0.717) is 5.69 Å². The van der Waals surface area contributed by atoms with Crippen molar-refractivity contribution >= 4 is 11.6 Å². The number of hydrogen-bond donors (Lipinski definition) is 2. The quantitative estimate of drug-likeness (QED) is 0.610. The van der Waals surface area contributed by atoms with Crippen LogP contribution in [0.5, 0.6) is 0 Å². The maximum Gasteiger partial charge on any atom is 0.263 e. The van der Waals surface area contributed by atoms with E-state index in [9.17, 15) is 20.0 Å². The van der Waals surface area contributed by atoms with E-state index in [0.717, 1.165) is 0 Å². The van der Waals surface area contributed by atoms with Crippen molar-refractivity contribution in [2.75, 3.05) is 11.9 Å². The Kier molecular flexibility index (Phi) is 4.38. The molecule has 1 atom stereocenters. The van der Waals surface area contributed by atoms with Crippen molar-refractivity contribution in [1.82, 2.24) is 0 Å². The molecule has 18 heavy (non-hydrogen) atoms. The molecule has 0 bridgehead atoms. The highest BCUT2D eigenvalue weighted by Crippen LogP contribution is 2.20. The Balaban J connectivity index is 2.87. The third kappa shape index (κ3) is 3.27. The third-order valence-electron chi connectivity index (χ3n) is 2.75. The van der Waals surface area contributed by atoms with Gasteiger partial charge in [0.2, 0.25) is 12.1 Å². The second-order valence-corrected chi connectivity index (χ2v) is 4.39. The molecule has 98 valence electrons. The highest BCUT2D eigenvalue weighted by molar-refractivity contribution is 5.97. The van der Waals surface area contributed by atoms with E-state index in [2.05, 4.69) is 5.32 Å². The summed E-state index contributed by atoms with van der Waals surface area (Å²) < 4.78 is 0. The van der Waals surface area contributed by atoms with E-state index < -0.39 is 28.9 Å². The average molecular weight is 252 g/mol. The molecule has 0 radical (unpaired) electrons. The van der Waals surface area contributed by atoms with Gasteiger partial charge in [0.25, 0.3) is 5.91 Å². The van der Waals surface area contributed by atoms with Crippen LogP contribution in [0.1, 0.15) is 13.8 Å². The molecule has 0 spiro atoms. The summed E-state index contributed by atoms with van der Waals surface area (Å²) in [4.78, 5) is 21.8. The Hall–Kier alpha value is -1.95. The number of para-hydroxylation sites is 1. The number of nitro groups is 1. The molecule has 0 fully saturated rings. The summed E-state index contributed by atoms with van der Waals surface area (Å²) >= 11 is 0. The molecule has 0 aliphatic rings. The Morgan fingerprint density at radius 2 is 2.00 bits per heavy atom. The molecule has 0 aliphatic heterocycles. The van der Waals surface area contributed by atoms with Gasteiger partial charge >= 0.3 is 0 Å². The maximum atomic E-state index is 11.9. The smallest absolute Gasteiger partial charge is 0.263 e. The average Bonchev–Trinajstić information content (AvgIpc) is 2.29. The lowest BCUT2D eigenvalue weighted by Gasteiger charge is -2.26. The molecule has 1 amide bonds. The summed E-state index contributed by atoms with van der Waals surface area (Å²) in [5.41, 5.74) is -1.52. The highest BCUT2D eigenvalue weighted by Gasteiger charge is 2.44. The van der Waals surface area contributed by atoms with Crippen LogP contribution in [0.15, 0.2) is 30.3 Å². The molecule has 1 aromatic carbocycles. The molecule has 0 aliphatic carbocycles. The van der Waals surface area contributed by atoms with Crippen LogP contribution < -0.4 is 5.32 Å². The first-order valence-corrected chi connectivity index (χ1v) is 5.57. The van der Waals surface area contributed by atoms with Crippen LogP contribution in [-0.4, -0.2) is 28.1 Å². The number of aliphatic hydroxyl groups is 1. The minimum Gasteiger partial charge on any atom is -0.374 e. The van der Waals surface area contributed by atoms with Gasteiger partial charge in [-0.25, -0.2) is 0 Å². The van der Waals surface area contributed by atoms with Crippen LogP contribution in [0.3, 0.4) is 0 Å². The van der Waals surface area contributed by atoms with Crippen molar-refractivity contribution in [3.05, 3.63) is 40.4 Å². The van der Waals surface area contributed by atoms with Crippen LogP contribution >= 0.6 is 0 Å². The summed E-state index contributed by atoms with van der Waals surface area (Å²) in [6.07, 6.45) is 0. The van der Waals surface area contributed by atoms with Gasteiger partial charge in [0.15, 0.2) is 0 Å². The zero-order valence-electron chi connectivity index (χ0n) is 10.3. The third-order valence-corrected chi connectivity index (χ3v) is 2.75. The van der Waals surface area contributed by atoms with Crippen molar-refractivity contribution in [2.45, 2.75) is 19.4 Å². The fourth-order valence-corrected chi connectivity index (χ4v) is 1.47. The van der Waals surface area contributed by atoms with E-state index in [-0.39, 0.29) is 0 Å². The van der Waals surface area contributed by atoms with Crippen molar-refractivity contribution in [3.8, 4) is 0 Å². The van der Waals surface area contributed by atoms with Crippen LogP contribution in [0.25, 0.3) is 0 Å². The summed E-state index contributed by atoms with van der Waals surface area (Å²) in [7, 11) is 0. The monoisotopic (exact) mass is 252 g/mol. The molecule has 2 N–H and O–H groups in total. The topological polar surface area (TPSA) is 92.5 Å². The number of hydrogen-bond acceptors (Lipinski definition) is 4. The normalized spacial score (nSPS) is 14.0. The molecule has 0 heterocycles. The summed E-state index contributed by atoms with van der Waals surface area (Å²) in [5, 5.41) is 23.2. The molecule has 0 aromatic heterocycles. The van der Waals surface area contributed by atoms with Gasteiger partial charge in [0.1, 0.15) is 0 Å². The second kappa shape index (κ2) is 5.59. The largest absolute Gasteiger partial charge is 0.374 e. The van der Waals surface area contributed by atoms with Crippen LogP contribution in [0.4, 0.5) is 5.69 Å². The SMILES string of the molecule is CC(C)C(O)(C[N+](=O)[O-])C(=O)Nc1ccccc1. The van der Waals surface area contributed by atoms with E-state index in [1.54, 1.807) is 44.2 Å². The Labute approximate surface area is 105 Å². The van der Waals surface area contributed by atoms with Crippen molar-refractivity contribution in [2.24, 2.45) is 5.92 Å². The number of nitrogens with zero attached hydrogens (tertiary/aromatic N) is 1. The molecule has 0 saturated carbocycles. The van der Waals surface area contributed by atoms with Crippen LogP contribution in [0, 0.1) is 16.0 Å². The van der Waals surface area contributed by atoms with Gasteiger partial charge in [-0.15, -0.1) is 0 Å². The molecule has 1 rings (SSSR count). The lowest BCUT2D eigenvalue weighted by molar-refractivity contribution is -0.498. The van der Waals surface area contributed by atoms with Gasteiger partial charge in [-0.05, 0) is 18.1 Å². The Morgan fingerprint density at radius 1 is 1.44 bits per heavy atom. The van der Waals surface area contributed by atoms with Gasteiger partial charge in [-0.3, -0.25) is 14.9 Å². The van der Waals surface area contributed by atoms with Gasteiger partial charge in [0.05, 0.1) is 0 Å². The molecule has 1 unspecified atom stereocenters. The maximum absolute atomic E-state index is 11.9. The first-order chi connectivity index (χ1) is 8.36. The van der Waals surface area contributed by atoms with Gasteiger partial charge in [-0.2, -0.15) is 0 Å². The number of rotatable bonds is 5. The van der Waals surface area contributed by atoms with Gasteiger partial charge in [-0.1, -0.05) is 32.0 Å². The molecule has 0 saturated heterocycles. The molecule has 6 heteroatoms. The van der Waals surface area contributed by atoms with Gasteiger partial charge in [0, 0.05) is 10.6 Å². The minimum absolute atomic E-state index is 0.491. The zero-order chi connectivity index (χ0) is 13.8. The van der Waals surface area contributed by atoms with Gasteiger partial charge < -0.3 is 10.4 Å². The fraction of sp³-hybridized carbons (Fsp3) is 0.417. The predicted molar refractivity (Wildman–Crippen MR) is 66.7 cm³/mol. The summed E-state index contributed by atoms with van der Waals surface area (Å²) in [6, 6.07) is 8.51. The molecular weight excluding hydrogens is 236 g/mol. The minimum atomic E-state index is -2.01. The summed E-state index contributed by atoms with van der Waals surface area (Å²) in [6.45, 7) is 2.31. The predicted octanol–water partition coefficient (Wildman–Crippen LogP) is 1.29. The standard InChI is InChI=1S/C12H16N2O4/c1-9(2)12(16,8-14(17)18)11(15)13-10-6-4-3-5-7-10/h3-7,9,16H,8H2,1-2H3,(H,13,15). The molecular formula is C12H16N2O4. The molecule has 1 aromatic rings. The lowest BCUT2D eigenvalue weighted by atomic mass is 9.89. The van der Waals surface area contributed by atoms with E-state index in [1.165, 1.54) is 0 Å². The van der Waals surface area contributed by atoms with Crippen molar-refractivity contribution in [1.29, 1.82) is 0 Å².